The zero-order valence-electron chi connectivity index (χ0n) is 24.3. The summed E-state index contributed by atoms with van der Waals surface area (Å²) >= 11 is 6.25. The van der Waals surface area contributed by atoms with Crippen molar-refractivity contribution in [3.05, 3.63) is 11.0 Å². The quantitative estimate of drug-likeness (QED) is 0.312. The Hall–Kier alpha value is -1.82. The molecule has 5 atom stereocenters. The van der Waals surface area contributed by atoms with Crippen LogP contribution in [0.1, 0.15) is 59.3 Å². The molecule has 3 aliphatic heterocycles. The van der Waals surface area contributed by atoms with Gasteiger partial charge in [-0.05, 0) is 56.8 Å². The number of anilines is 1. The van der Waals surface area contributed by atoms with E-state index in [1.165, 1.54) is 0 Å². The molecule has 1 aliphatic carbocycles. The third kappa shape index (κ3) is 4.64. The molecule has 220 valence electrons. The highest BCUT2D eigenvalue weighted by molar-refractivity contribution is 6.74. The fraction of sp³-hybridized carbons (Fsp3) is 0.750. The van der Waals surface area contributed by atoms with Crippen LogP contribution in [-0.4, -0.2) is 84.9 Å². The Morgan fingerprint density at radius 1 is 1.18 bits per heavy atom. The highest BCUT2D eigenvalue weighted by atomic mass is 35.5. The van der Waals surface area contributed by atoms with Crippen LogP contribution >= 0.6 is 11.6 Å². The van der Waals surface area contributed by atoms with Gasteiger partial charge in [-0.3, -0.25) is 4.90 Å². The summed E-state index contributed by atoms with van der Waals surface area (Å²) in [6.45, 7) is 12.7. The smallest absolute Gasteiger partial charge is 0.319 e. The molecule has 40 heavy (non-hydrogen) atoms. The SMILES string of the molecule is CN1c2nc(OC[C@@]34CCCN3C[C@H](F)C4)nc3c(F)c(Cl)nc(c23)OC2CCCC(O[Si](C)(C)C(C)(C)C)C21. The fourth-order valence-corrected chi connectivity index (χ4v) is 8.36. The number of hydrogen-bond donors (Lipinski definition) is 0. The molecule has 0 N–H and O–H groups in total. The molecule has 0 bridgehead atoms. The molecule has 5 heterocycles. The molecule has 4 aliphatic rings. The van der Waals surface area contributed by atoms with Crippen LogP contribution in [-0.2, 0) is 4.43 Å². The summed E-state index contributed by atoms with van der Waals surface area (Å²) in [4.78, 5) is 17.8. The molecule has 8 nitrogen and oxygen atoms in total. The normalized spacial score (nSPS) is 30.7. The van der Waals surface area contributed by atoms with Crippen molar-refractivity contribution in [1.82, 2.24) is 19.9 Å². The van der Waals surface area contributed by atoms with Crippen molar-refractivity contribution < 1.29 is 22.7 Å². The van der Waals surface area contributed by atoms with Crippen molar-refractivity contribution >= 4 is 36.6 Å². The number of nitrogens with zero attached hydrogens (tertiary/aromatic N) is 5. The van der Waals surface area contributed by atoms with Crippen molar-refractivity contribution in [3.8, 4) is 11.9 Å². The predicted octanol–water partition coefficient (Wildman–Crippen LogP) is 5.91. The van der Waals surface area contributed by atoms with Crippen LogP contribution in [0.25, 0.3) is 10.9 Å². The molecule has 3 unspecified atom stereocenters. The van der Waals surface area contributed by atoms with Crippen LogP contribution in [0.2, 0.25) is 23.3 Å². The third-order valence-electron chi connectivity index (χ3n) is 9.94. The van der Waals surface area contributed by atoms with E-state index < -0.39 is 20.3 Å². The van der Waals surface area contributed by atoms with Gasteiger partial charge in [0.25, 0.3) is 0 Å². The number of alkyl halides is 1. The topological polar surface area (TPSA) is 72.8 Å². The molecule has 2 saturated heterocycles. The number of pyridine rings is 1. The third-order valence-corrected chi connectivity index (χ3v) is 14.7. The van der Waals surface area contributed by atoms with Gasteiger partial charge in [0.2, 0.25) is 5.88 Å². The highest BCUT2D eigenvalue weighted by Crippen LogP contribution is 2.46. The van der Waals surface area contributed by atoms with Gasteiger partial charge in [-0.2, -0.15) is 15.0 Å². The zero-order chi connectivity index (χ0) is 28.6. The van der Waals surface area contributed by atoms with Crippen LogP contribution in [0.3, 0.4) is 0 Å². The summed E-state index contributed by atoms with van der Waals surface area (Å²) in [5, 5.41) is 0.115. The second-order valence-corrected chi connectivity index (χ2v) is 18.7. The standard InChI is InChI=1S/C28H40ClF2N5O3Si/c1-27(2,3)40(5,6)39-18-10-7-9-17-22(18)35(4)24-19-21(20(31)23(29)33-25(19)38-17)32-26(34-24)37-15-28-11-8-12-36(28)14-16(30)13-28/h16-18,22H,7-15H2,1-6H3/t16-,17?,18?,22?,28+/m1/s1. The number of ether oxygens (including phenoxy) is 2. The summed E-state index contributed by atoms with van der Waals surface area (Å²) in [7, 11) is -0.156. The first-order valence-electron chi connectivity index (χ1n) is 14.5. The average molecular weight is 596 g/mol. The van der Waals surface area contributed by atoms with Gasteiger partial charge >= 0.3 is 6.01 Å². The van der Waals surface area contributed by atoms with Gasteiger partial charge in [-0.25, -0.2) is 8.78 Å². The summed E-state index contributed by atoms with van der Waals surface area (Å²) in [5.74, 6) is -0.0334. The van der Waals surface area contributed by atoms with E-state index in [0.717, 1.165) is 38.6 Å². The lowest BCUT2D eigenvalue weighted by Gasteiger charge is -2.47. The largest absolute Gasteiger partial charge is 0.471 e. The Labute approximate surface area is 240 Å². The number of likely N-dealkylation sites (N-methyl/N-ethyl adjacent to an activating group) is 1. The molecule has 2 aromatic rings. The number of fused-ring (bicyclic) bond motifs is 2. The maximum atomic E-state index is 15.5. The molecule has 3 fully saturated rings. The van der Waals surface area contributed by atoms with E-state index in [9.17, 15) is 4.39 Å². The van der Waals surface area contributed by atoms with Crippen molar-refractivity contribution in [2.24, 2.45) is 0 Å². The lowest BCUT2D eigenvalue weighted by molar-refractivity contribution is 0.0353. The van der Waals surface area contributed by atoms with Crippen LogP contribution in [0, 0.1) is 5.82 Å². The lowest BCUT2D eigenvalue weighted by Crippen LogP contribution is -2.58. The Balaban J connectivity index is 1.39. The van der Waals surface area contributed by atoms with Crippen molar-refractivity contribution in [2.45, 2.75) is 107 Å². The first-order chi connectivity index (χ1) is 18.8. The fourth-order valence-electron chi connectivity index (χ4n) is 6.83. The van der Waals surface area contributed by atoms with E-state index in [0.29, 0.717) is 24.2 Å². The summed E-state index contributed by atoms with van der Waals surface area (Å²) in [6.07, 6.45) is 3.70. The minimum absolute atomic E-state index is 0.0120. The Morgan fingerprint density at radius 2 is 1.95 bits per heavy atom. The van der Waals surface area contributed by atoms with E-state index in [4.69, 9.17) is 30.5 Å². The lowest BCUT2D eigenvalue weighted by atomic mass is 9.89. The van der Waals surface area contributed by atoms with E-state index >= 15 is 4.39 Å². The summed E-state index contributed by atoms with van der Waals surface area (Å²) in [5.41, 5.74) is -0.366. The van der Waals surface area contributed by atoms with Crippen LogP contribution in [0.5, 0.6) is 11.9 Å². The van der Waals surface area contributed by atoms with Crippen molar-refractivity contribution in [2.75, 3.05) is 31.6 Å². The summed E-state index contributed by atoms with van der Waals surface area (Å²) < 4.78 is 49.4. The first-order valence-corrected chi connectivity index (χ1v) is 17.7. The minimum atomic E-state index is -2.10. The van der Waals surface area contributed by atoms with Gasteiger partial charge in [-0.1, -0.05) is 32.4 Å². The molecule has 1 saturated carbocycles. The van der Waals surface area contributed by atoms with Crippen LogP contribution in [0.4, 0.5) is 14.6 Å². The van der Waals surface area contributed by atoms with E-state index in [1.807, 2.05) is 11.9 Å². The number of rotatable bonds is 5. The van der Waals surface area contributed by atoms with Crippen molar-refractivity contribution in [3.63, 3.8) is 0 Å². The Morgan fingerprint density at radius 3 is 2.70 bits per heavy atom. The maximum Gasteiger partial charge on any atom is 0.319 e. The first kappa shape index (κ1) is 28.3. The Bertz CT molecular complexity index is 1310. The minimum Gasteiger partial charge on any atom is -0.471 e. The molecular formula is C28H40ClF2N5O3Si. The van der Waals surface area contributed by atoms with Gasteiger partial charge in [-0.15, -0.1) is 0 Å². The van der Waals surface area contributed by atoms with Gasteiger partial charge in [0.1, 0.15) is 35.6 Å². The van der Waals surface area contributed by atoms with Gasteiger partial charge < -0.3 is 18.8 Å². The van der Waals surface area contributed by atoms with Gasteiger partial charge in [0.05, 0.1) is 17.7 Å². The van der Waals surface area contributed by atoms with Crippen LogP contribution < -0.4 is 14.4 Å². The number of hydrogen-bond acceptors (Lipinski definition) is 8. The molecule has 2 aromatic heterocycles. The van der Waals surface area contributed by atoms with E-state index in [1.54, 1.807) is 0 Å². The van der Waals surface area contributed by atoms with E-state index in [-0.39, 0.29) is 58.0 Å². The Kier molecular flexibility index (Phi) is 6.99. The second-order valence-electron chi connectivity index (χ2n) is 13.5. The molecule has 0 amide bonds. The number of aromatic nitrogens is 3. The van der Waals surface area contributed by atoms with E-state index in [2.05, 4.69) is 48.7 Å². The van der Waals surface area contributed by atoms with Crippen molar-refractivity contribution in [1.29, 1.82) is 0 Å². The molecule has 0 aromatic carbocycles. The van der Waals surface area contributed by atoms with Crippen LogP contribution in [0.15, 0.2) is 0 Å². The molecule has 6 rings (SSSR count). The average Bonchev–Trinajstić information content (AvgIpc) is 3.36. The monoisotopic (exact) mass is 595 g/mol. The highest BCUT2D eigenvalue weighted by Gasteiger charge is 2.50. The number of halogens is 3. The molecule has 0 spiro atoms. The zero-order valence-corrected chi connectivity index (χ0v) is 26.0. The second kappa shape index (κ2) is 9.88. The maximum absolute atomic E-state index is 15.5. The molecular weight excluding hydrogens is 556 g/mol. The van der Waals surface area contributed by atoms with Gasteiger partial charge in [0, 0.05) is 20.0 Å². The predicted molar refractivity (Wildman–Crippen MR) is 153 cm³/mol. The summed E-state index contributed by atoms with van der Waals surface area (Å²) in [6, 6.07) is -0.128. The van der Waals surface area contributed by atoms with Gasteiger partial charge in [0.15, 0.2) is 19.3 Å². The molecule has 0 radical (unpaired) electrons. The molecule has 12 heteroatoms.